The minimum Gasteiger partial charge on any atom is -0.464 e. The molecule has 0 aliphatic heterocycles. The van der Waals surface area contributed by atoms with Crippen LogP contribution >= 0.6 is 11.3 Å². The first-order valence-electron chi connectivity index (χ1n) is 22.8. The maximum atomic E-state index is 5.77. The highest BCUT2D eigenvalue weighted by Crippen LogP contribution is 2.44. The van der Waals surface area contributed by atoms with Crippen molar-refractivity contribution in [2.24, 2.45) is 0 Å². The fourth-order valence-corrected chi connectivity index (χ4v) is 11.3. The largest absolute Gasteiger partial charge is 0.464 e. The first-order valence-corrected chi connectivity index (χ1v) is 23.6. The quantitative estimate of drug-likeness (QED) is 0.166. The second kappa shape index (κ2) is 16.2. The van der Waals surface area contributed by atoms with Gasteiger partial charge in [-0.3, -0.25) is 0 Å². The molecule has 0 spiro atoms. The van der Waals surface area contributed by atoms with E-state index in [9.17, 15) is 0 Å². The topological polar surface area (TPSA) is 16.4 Å². The number of hydrogen-bond acceptors (Lipinski definition) is 3. The van der Waals surface area contributed by atoms with Gasteiger partial charge < -0.3 is 9.32 Å². The average molecular weight is 872 g/mol. The molecule has 2 aromatic heterocycles. The van der Waals surface area contributed by atoms with E-state index in [1.165, 1.54) is 85.2 Å². The summed E-state index contributed by atoms with van der Waals surface area (Å²) in [5, 5.41) is 14.7. The van der Waals surface area contributed by atoms with Crippen LogP contribution < -0.4 is 4.90 Å². The Labute approximate surface area is 392 Å². The lowest BCUT2D eigenvalue weighted by atomic mass is 9.93. The van der Waals surface area contributed by atoms with Crippen molar-refractivity contribution in [3.05, 3.63) is 249 Å². The molecule has 0 unspecified atom stereocenters. The molecule has 0 atom stereocenters. The predicted molar refractivity (Wildman–Crippen MR) is 288 cm³/mol. The number of furan rings is 1. The average Bonchev–Trinajstić information content (AvgIpc) is 4.08. The lowest BCUT2D eigenvalue weighted by Crippen LogP contribution is -2.09. The summed E-state index contributed by atoms with van der Waals surface area (Å²) < 4.78 is 8.34. The summed E-state index contributed by atoms with van der Waals surface area (Å²) in [6.07, 6.45) is 1.73. The Morgan fingerprint density at radius 3 is 1.33 bits per heavy atom. The van der Waals surface area contributed by atoms with E-state index in [2.05, 4.69) is 235 Å². The van der Waals surface area contributed by atoms with Crippen LogP contribution in [0.5, 0.6) is 0 Å². The lowest BCUT2D eigenvalue weighted by Gasteiger charge is -2.26. The highest BCUT2D eigenvalue weighted by atomic mass is 32.1. The zero-order valence-corrected chi connectivity index (χ0v) is 37.3. The second-order valence-electron chi connectivity index (χ2n) is 17.2. The second-order valence-corrected chi connectivity index (χ2v) is 18.3. The van der Waals surface area contributed by atoms with Crippen LogP contribution in [0.1, 0.15) is 0 Å². The number of fused-ring (bicyclic) bond motifs is 13. The normalized spacial score (nSPS) is 11.6. The first-order chi connectivity index (χ1) is 33.2. The van der Waals surface area contributed by atoms with Gasteiger partial charge in [-0.05, 0) is 149 Å². The van der Waals surface area contributed by atoms with E-state index in [1.807, 2.05) is 23.5 Å². The van der Waals surface area contributed by atoms with Gasteiger partial charge in [0, 0.05) is 42.8 Å². The zero-order valence-electron chi connectivity index (χ0n) is 36.4. The molecule has 2 heterocycles. The zero-order chi connectivity index (χ0) is 44.3. The van der Waals surface area contributed by atoms with Gasteiger partial charge in [0.1, 0.15) is 5.76 Å². The van der Waals surface area contributed by atoms with Crippen LogP contribution in [0.2, 0.25) is 0 Å². The number of hydrogen-bond donors (Lipinski definition) is 0. The van der Waals surface area contributed by atoms with Gasteiger partial charge in [0.15, 0.2) is 0 Å². The van der Waals surface area contributed by atoms with Gasteiger partial charge in [-0.15, -0.1) is 11.3 Å². The van der Waals surface area contributed by atoms with Crippen LogP contribution in [0.15, 0.2) is 253 Å². The van der Waals surface area contributed by atoms with Crippen LogP contribution in [-0.4, -0.2) is 0 Å². The van der Waals surface area contributed by atoms with Crippen molar-refractivity contribution in [2.75, 3.05) is 4.90 Å². The monoisotopic (exact) mass is 871 g/mol. The van der Waals surface area contributed by atoms with Crippen LogP contribution in [0.4, 0.5) is 17.1 Å². The molecule has 0 bridgehead atoms. The third kappa shape index (κ3) is 6.79. The molecule has 13 aromatic rings. The Morgan fingerprint density at radius 2 is 0.716 bits per heavy atom. The Morgan fingerprint density at radius 1 is 0.254 bits per heavy atom. The molecule has 67 heavy (non-hydrogen) atoms. The van der Waals surface area contributed by atoms with E-state index < -0.39 is 0 Å². The molecule has 0 saturated heterocycles. The minimum absolute atomic E-state index is 0.860. The van der Waals surface area contributed by atoms with Crippen molar-refractivity contribution in [2.45, 2.75) is 0 Å². The molecule has 2 nitrogen and oxygen atoms in total. The van der Waals surface area contributed by atoms with Crippen LogP contribution in [0, 0.1) is 0 Å². The van der Waals surface area contributed by atoms with E-state index in [0.717, 1.165) is 39.5 Å². The summed E-state index contributed by atoms with van der Waals surface area (Å²) >= 11 is 1.87. The van der Waals surface area contributed by atoms with Gasteiger partial charge in [-0.25, -0.2) is 0 Å². The molecule has 314 valence electrons. The Balaban J connectivity index is 1.11. The summed E-state index contributed by atoms with van der Waals surface area (Å²) in [5.74, 6) is 0.860. The molecule has 0 aliphatic carbocycles. The molecule has 11 aromatic carbocycles. The third-order valence-corrected chi connectivity index (χ3v) is 14.5. The van der Waals surface area contributed by atoms with Gasteiger partial charge in [0.05, 0.1) is 6.26 Å². The molecular weight excluding hydrogens is 831 g/mol. The molecule has 0 saturated carbocycles. The molecule has 0 amide bonds. The fourth-order valence-electron chi connectivity index (χ4n) is 10.2. The van der Waals surface area contributed by atoms with Crippen LogP contribution in [0.25, 0.3) is 108 Å². The first kappa shape index (κ1) is 38.9. The Bertz CT molecular complexity index is 4080. The standard InChI is InChI=1S/C64H41NOS/c1-2-14-42(15-3-1)43-27-31-47(32-28-43)65(48-33-29-44(30-34-48)45-16-12-17-46(38-45)62-25-13-37-66-62)49-35-36-56-54-22-7-6-20-52(54)50-18-4-5-19-51(50)53-21-8-9-23-55(53)59-40-61-57-24-10-11-26-63(57)67-64(61)41-60(59)58(56)39-49/h1-41H. The van der Waals surface area contributed by atoms with Crippen molar-refractivity contribution in [1.29, 1.82) is 0 Å². The summed E-state index contributed by atoms with van der Waals surface area (Å²) in [7, 11) is 0. The predicted octanol–water partition coefficient (Wildman–Crippen LogP) is 19.0. The van der Waals surface area contributed by atoms with Crippen molar-refractivity contribution in [3.8, 4) is 33.6 Å². The van der Waals surface area contributed by atoms with Crippen molar-refractivity contribution < 1.29 is 4.42 Å². The van der Waals surface area contributed by atoms with Gasteiger partial charge in [0.2, 0.25) is 0 Å². The van der Waals surface area contributed by atoms with E-state index in [4.69, 9.17) is 4.42 Å². The molecule has 0 N–H and O–H groups in total. The summed E-state index contributed by atoms with van der Waals surface area (Å²) in [4.78, 5) is 2.41. The molecule has 3 heteroatoms. The van der Waals surface area contributed by atoms with Crippen LogP contribution in [0.3, 0.4) is 0 Å². The summed E-state index contributed by atoms with van der Waals surface area (Å²) in [6, 6.07) is 88.8. The van der Waals surface area contributed by atoms with Gasteiger partial charge in [0.25, 0.3) is 0 Å². The van der Waals surface area contributed by atoms with E-state index in [0.29, 0.717) is 0 Å². The Hall–Kier alpha value is -8.50. The van der Waals surface area contributed by atoms with Crippen molar-refractivity contribution >= 4 is 102 Å². The van der Waals surface area contributed by atoms with E-state index in [-0.39, 0.29) is 0 Å². The molecule has 0 fully saturated rings. The highest BCUT2D eigenvalue weighted by molar-refractivity contribution is 7.25. The van der Waals surface area contributed by atoms with E-state index >= 15 is 0 Å². The maximum Gasteiger partial charge on any atom is 0.133 e. The molecule has 0 aliphatic rings. The highest BCUT2D eigenvalue weighted by Gasteiger charge is 2.18. The van der Waals surface area contributed by atoms with E-state index in [1.54, 1.807) is 6.26 Å². The smallest absolute Gasteiger partial charge is 0.133 e. The fraction of sp³-hybridized carbons (Fsp3) is 0. The minimum atomic E-state index is 0.860. The van der Waals surface area contributed by atoms with Crippen molar-refractivity contribution in [3.63, 3.8) is 0 Å². The van der Waals surface area contributed by atoms with Gasteiger partial charge in [-0.2, -0.15) is 0 Å². The number of nitrogens with zero attached hydrogens (tertiary/aromatic N) is 1. The third-order valence-electron chi connectivity index (χ3n) is 13.4. The number of benzene rings is 10. The SMILES string of the molecule is c1ccc(-c2ccc(N(c3ccc(-c4cccc(-c5ccco5)c4)cc3)c3ccc4c5ccccc5c5ccccc5c5ccccc5c5cc6c(cc5c4c3)sc3ccccc36)cc2)cc1. The maximum absolute atomic E-state index is 5.77. The van der Waals surface area contributed by atoms with Gasteiger partial charge >= 0.3 is 0 Å². The molecule has 13 rings (SSSR count). The molecule has 0 radical (unpaired) electrons. The molecular formula is C64H41NOS. The Kier molecular flexibility index (Phi) is 9.40. The van der Waals surface area contributed by atoms with Gasteiger partial charge in [-0.1, -0.05) is 170 Å². The number of anilines is 3. The summed E-state index contributed by atoms with van der Waals surface area (Å²) in [5.41, 5.74) is 8.92. The summed E-state index contributed by atoms with van der Waals surface area (Å²) in [6.45, 7) is 0. The number of rotatable bonds is 6. The van der Waals surface area contributed by atoms with Crippen LogP contribution in [-0.2, 0) is 0 Å². The van der Waals surface area contributed by atoms with Crippen molar-refractivity contribution in [1.82, 2.24) is 0 Å². The lowest BCUT2D eigenvalue weighted by molar-refractivity contribution is 0.582. The number of thiophene rings is 1.